The van der Waals surface area contributed by atoms with E-state index in [1.54, 1.807) is 30.2 Å². The minimum absolute atomic E-state index is 0.0133. The molecule has 1 fully saturated rings. The van der Waals surface area contributed by atoms with Gasteiger partial charge in [0.15, 0.2) is 0 Å². The Bertz CT molecular complexity index is 1110. The number of aromatic nitrogens is 5. The maximum Gasteiger partial charge on any atom is 0.308 e. The van der Waals surface area contributed by atoms with Gasteiger partial charge in [0.05, 0.1) is 24.1 Å². The van der Waals surface area contributed by atoms with Gasteiger partial charge in [0.2, 0.25) is 10.0 Å². The number of fused-ring (bicyclic) bond motifs is 1. The highest BCUT2D eigenvalue weighted by molar-refractivity contribution is 7.89. The van der Waals surface area contributed by atoms with Crippen molar-refractivity contribution in [3.8, 4) is 11.3 Å². The van der Waals surface area contributed by atoms with E-state index < -0.39 is 21.5 Å². The van der Waals surface area contributed by atoms with E-state index in [0.29, 0.717) is 11.3 Å². The van der Waals surface area contributed by atoms with E-state index in [9.17, 15) is 13.2 Å². The highest BCUT2D eigenvalue weighted by Gasteiger charge is 2.43. The van der Waals surface area contributed by atoms with E-state index in [0.717, 1.165) is 10.9 Å². The van der Waals surface area contributed by atoms with Crippen LogP contribution in [0.25, 0.3) is 22.3 Å². The number of carbonyl (C=O) groups is 1. The average Bonchev–Trinajstić information content (AvgIpc) is 3.39. The molecule has 0 radical (unpaired) electrons. The van der Waals surface area contributed by atoms with Gasteiger partial charge in [-0.2, -0.15) is 5.10 Å². The van der Waals surface area contributed by atoms with Crippen molar-refractivity contribution in [1.29, 1.82) is 0 Å². The number of aromatic amines is 1. The lowest BCUT2D eigenvalue weighted by molar-refractivity contribution is -0.137. The fourth-order valence-corrected chi connectivity index (χ4v) is 3.77. The molecule has 10 nitrogen and oxygen atoms in total. The lowest BCUT2D eigenvalue weighted by Gasteiger charge is -2.26. The summed E-state index contributed by atoms with van der Waals surface area (Å²) in [6, 6.07) is 1.87. The van der Waals surface area contributed by atoms with E-state index >= 15 is 0 Å². The molecule has 0 saturated carbocycles. The van der Waals surface area contributed by atoms with Gasteiger partial charge in [-0.15, -0.1) is 0 Å². The molecule has 2 N–H and O–H groups in total. The monoisotopic (exact) mass is 390 g/mol. The van der Waals surface area contributed by atoms with Crippen molar-refractivity contribution in [1.82, 2.24) is 29.5 Å². The van der Waals surface area contributed by atoms with Gasteiger partial charge in [0.1, 0.15) is 24.1 Å². The second-order valence-electron chi connectivity index (χ2n) is 6.42. The average molecular weight is 390 g/mol. The summed E-state index contributed by atoms with van der Waals surface area (Å²) >= 11 is 0. The quantitative estimate of drug-likeness (QED) is 0.582. The van der Waals surface area contributed by atoms with Gasteiger partial charge in [-0.25, -0.2) is 23.1 Å². The number of sulfonamides is 1. The highest BCUT2D eigenvalue weighted by atomic mass is 32.2. The van der Waals surface area contributed by atoms with Gasteiger partial charge in [0.25, 0.3) is 0 Å². The summed E-state index contributed by atoms with van der Waals surface area (Å²) in [5, 5.41) is 5.22. The number of esters is 1. The molecule has 1 unspecified atom stereocenters. The first kappa shape index (κ1) is 17.6. The van der Waals surface area contributed by atoms with Crippen molar-refractivity contribution >= 4 is 27.0 Å². The van der Waals surface area contributed by atoms with Crippen molar-refractivity contribution in [2.45, 2.75) is 18.9 Å². The van der Waals surface area contributed by atoms with Crippen LogP contribution < -0.4 is 4.72 Å². The molecule has 3 aromatic rings. The second-order valence-corrected chi connectivity index (χ2v) is 8.52. The first-order chi connectivity index (χ1) is 12.9. The first-order valence-electron chi connectivity index (χ1n) is 8.39. The van der Waals surface area contributed by atoms with E-state index in [1.807, 2.05) is 6.07 Å². The molecule has 0 spiro atoms. The third-order valence-corrected chi connectivity index (χ3v) is 6.02. The van der Waals surface area contributed by atoms with Crippen LogP contribution in [-0.2, 0) is 25.1 Å². The Labute approximate surface area is 155 Å². The zero-order valence-corrected chi connectivity index (χ0v) is 15.4. The predicted molar refractivity (Wildman–Crippen MR) is 96.1 cm³/mol. The number of nitrogens with zero attached hydrogens (tertiary/aromatic N) is 4. The van der Waals surface area contributed by atoms with Crippen molar-refractivity contribution in [2.75, 3.05) is 18.9 Å². The third kappa shape index (κ3) is 3.19. The molecular weight excluding hydrogens is 372 g/mol. The second kappa shape index (κ2) is 6.43. The van der Waals surface area contributed by atoms with Gasteiger partial charge in [-0.05, 0) is 13.0 Å². The summed E-state index contributed by atoms with van der Waals surface area (Å²) in [4.78, 5) is 23.3. The molecule has 4 heterocycles. The number of ether oxygens (including phenoxy) is 1. The molecule has 0 amide bonds. The van der Waals surface area contributed by atoms with Crippen molar-refractivity contribution in [2.24, 2.45) is 0 Å². The molecule has 1 atom stereocenters. The standard InChI is InChI=1S/C16H18N6O4S/c1-2-27(24,25)21-8-16(5-13(23)26-9-16)22-7-11(6-20-22)14-12-3-4-17-15(12)19-10-18-14/h3-4,6-7,10,21H,2,5,8-9H2,1H3,(H,17,18,19). The van der Waals surface area contributed by atoms with E-state index in [4.69, 9.17) is 4.74 Å². The molecule has 0 bridgehead atoms. The number of carbonyl (C=O) groups excluding carboxylic acids is 1. The molecule has 1 saturated heterocycles. The molecule has 1 aliphatic rings. The predicted octanol–water partition coefficient (Wildman–Crippen LogP) is 0.403. The van der Waals surface area contributed by atoms with Crippen molar-refractivity contribution in [3.63, 3.8) is 0 Å². The molecule has 1 aliphatic heterocycles. The Kier molecular flexibility index (Phi) is 4.19. The maximum absolute atomic E-state index is 11.9. The van der Waals surface area contributed by atoms with Crippen LogP contribution in [0.4, 0.5) is 0 Å². The Morgan fingerprint density at radius 2 is 2.26 bits per heavy atom. The highest BCUT2D eigenvalue weighted by Crippen LogP contribution is 2.31. The molecule has 142 valence electrons. The molecule has 3 aromatic heterocycles. The van der Waals surface area contributed by atoms with Crippen LogP contribution in [0.2, 0.25) is 0 Å². The van der Waals surface area contributed by atoms with Crippen LogP contribution in [0, 0.1) is 0 Å². The summed E-state index contributed by atoms with van der Waals surface area (Å²) in [6.07, 6.45) is 6.64. The largest absolute Gasteiger partial charge is 0.463 e. The van der Waals surface area contributed by atoms with Crippen LogP contribution in [0.1, 0.15) is 13.3 Å². The summed E-state index contributed by atoms with van der Waals surface area (Å²) in [5.74, 6) is -0.438. The Hall–Kier alpha value is -2.79. The minimum Gasteiger partial charge on any atom is -0.463 e. The fraction of sp³-hybridized carbons (Fsp3) is 0.375. The SMILES string of the molecule is CCS(=O)(=O)NCC1(n2cc(-c3ncnc4[nH]ccc34)cn2)COC(=O)C1. The summed E-state index contributed by atoms with van der Waals surface area (Å²) < 4.78 is 33.0. The summed E-state index contributed by atoms with van der Waals surface area (Å²) in [5.41, 5.74) is 1.22. The van der Waals surface area contributed by atoms with Crippen LogP contribution in [0.15, 0.2) is 31.0 Å². The van der Waals surface area contributed by atoms with Crippen LogP contribution in [0.5, 0.6) is 0 Å². The van der Waals surface area contributed by atoms with Gasteiger partial charge in [-0.1, -0.05) is 0 Å². The van der Waals surface area contributed by atoms with Crippen LogP contribution in [0.3, 0.4) is 0 Å². The van der Waals surface area contributed by atoms with E-state index in [-0.39, 0.29) is 25.3 Å². The van der Waals surface area contributed by atoms with Crippen molar-refractivity contribution < 1.29 is 17.9 Å². The van der Waals surface area contributed by atoms with E-state index in [1.165, 1.54) is 6.33 Å². The number of hydrogen-bond donors (Lipinski definition) is 2. The van der Waals surface area contributed by atoms with E-state index in [2.05, 4.69) is 24.8 Å². The van der Waals surface area contributed by atoms with Crippen molar-refractivity contribution in [3.05, 3.63) is 31.0 Å². The Morgan fingerprint density at radius 1 is 1.41 bits per heavy atom. The minimum atomic E-state index is -3.42. The van der Waals surface area contributed by atoms with Gasteiger partial charge in [-0.3, -0.25) is 9.48 Å². The zero-order valence-electron chi connectivity index (χ0n) is 14.5. The number of rotatable bonds is 6. The number of hydrogen-bond acceptors (Lipinski definition) is 7. The zero-order chi connectivity index (χ0) is 19.1. The normalized spacial score (nSPS) is 20.3. The third-order valence-electron chi connectivity index (χ3n) is 4.67. The molecule has 11 heteroatoms. The smallest absolute Gasteiger partial charge is 0.308 e. The molecule has 0 aliphatic carbocycles. The van der Waals surface area contributed by atoms with Gasteiger partial charge < -0.3 is 9.72 Å². The number of cyclic esters (lactones) is 1. The topological polar surface area (TPSA) is 132 Å². The molecule has 0 aromatic carbocycles. The maximum atomic E-state index is 11.9. The van der Waals surface area contributed by atoms with Crippen LogP contribution in [-0.4, -0.2) is 58.0 Å². The summed E-state index contributed by atoms with van der Waals surface area (Å²) in [7, 11) is -3.42. The Balaban J connectivity index is 1.70. The molecule has 27 heavy (non-hydrogen) atoms. The lowest BCUT2D eigenvalue weighted by Crippen LogP contribution is -2.46. The van der Waals surface area contributed by atoms with Gasteiger partial charge in [0, 0.05) is 29.9 Å². The lowest BCUT2D eigenvalue weighted by atomic mass is 9.99. The first-order valence-corrected chi connectivity index (χ1v) is 10.0. The van der Waals surface area contributed by atoms with Gasteiger partial charge >= 0.3 is 5.97 Å². The number of nitrogens with one attached hydrogen (secondary N) is 2. The summed E-state index contributed by atoms with van der Waals surface area (Å²) in [6.45, 7) is 1.61. The Morgan fingerprint density at radius 3 is 3.00 bits per heavy atom. The number of H-pyrrole nitrogens is 1. The molecular formula is C16H18N6O4S. The fourth-order valence-electron chi connectivity index (χ4n) is 3.08. The van der Waals surface area contributed by atoms with Crippen LogP contribution >= 0.6 is 0 Å². The molecule has 4 rings (SSSR count).